The maximum absolute atomic E-state index is 11.9. The summed E-state index contributed by atoms with van der Waals surface area (Å²) in [7, 11) is 3.67. The van der Waals surface area contributed by atoms with Crippen molar-refractivity contribution in [3.63, 3.8) is 0 Å². The number of ether oxygens (including phenoxy) is 1. The number of nitrogens with zero attached hydrogens (tertiary/aromatic N) is 4. The van der Waals surface area contributed by atoms with Crippen molar-refractivity contribution >= 4 is 40.2 Å². The van der Waals surface area contributed by atoms with E-state index < -0.39 is 0 Å². The van der Waals surface area contributed by atoms with Crippen molar-refractivity contribution < 1.29 is 14.3 Å². The van der Waals surface area contributed by atoms with Crippen LogP contribution in [0, 0.1) is 6.92 Å². The van der Waals surface area contributed by atoms with E-state index >= 15 is 0 Å². The molecule has 2 aromatic heterocycles. The lowest BCUT2D eigenvalue weighted by Gasteiger charge is -2.13. The van der Waals surface area contributed by atoms with Crippen LogP contribution in [0.5, 0.6) is 0 Å². The van der Waals surface area contributed by atoms with Gasteiger partial charge in [0.1, 0.15) is 0 Å². The molecular formula is C20H22N4O3S. The topological polar surface area (TPSA) is 76.8 Å². The largest absolute Gasteiger partial charge is 0.462 e. The molecule has 0 radical (unpaired) electrons. The van der Waals surface area contributed by atoms with Gasteiger partial charge in [-0.05, 0) is 31.5 Å². The Bertz CT molecular complexity index is 1050. The van der Waals surface area contributed by atoms with E-state index in [4.69, 9.17) is 4.74 Å². The molecule has 3 rings (SSSR count). The molecule has 1 aromatic carbocycles. The Morgan fingerprint density at radius 2 is 2.21 bits per heavy atom. The lowest BCUT2D eigenvalue weighted by Crippen LogP contribution is -2.12. The quantitative estimate of drug-likeness (QED) is 0.264. The minimum atomic E-state index is -0.335. The van der Waals surface area contributed by atoms with Crippen LogP contribution in [0.2, 0.25) is 0 Å². The lowest BCUT2D eigenvalue weighted by molar-refractivity contribution is 0.0526. The molecule has 0 saturated heterocycles. The lowest BCUT2D eigenvalue weighted by atomic mass is 10.1. The molecule has 0 bridgehead atoms. The van der Waals surface area contributed by atoms with Crippen LogP contribution in [0.1, 0.15) is 43.9 Å². The fraction of sp³-hybridized carbons (Fsp3) is 0.300. The molecule has 0 aliphatic carbocycles. The van der Waals surface area contributed by atoms with Crippen LogP contribution in [0.15, 0.2) is 29.4 Å². The van der Waals surface area contributed by atoms with Gasteiger partial charge in [-0.15, -0.1) is 11.3 Å². The zero-order chi connectivity index (χ0) is 20.3. The van der Waals surface area contributed by atoms with Crippen molar-refractivity contribution in [3.8, 4) is 0 Å². The van der Waals surface area contributed by atoms with Gasteiger partial charge in [0.2, 0.25) is 0 Å². The highest BCUT2D eigenvalue weighted by molar-refractivity contribution is 7.18. The summed E-state index contributed by atoms with van der Waals surface area (Å²) in [6, 6.07) is 7.28. The van der Waals surface area contributed by atoms with Crippen LogP contribution in [0.4, 0.5) is 0 Å². The van der Waals surface area contributed by atoms with Gasteiger partial charge in [0.05, 0.1) is 40.3 Å². The Balaban J connectivity index is 1.80. The van der Waals surface area contributed by atoms with Crippen LogP contribution in [0.25, 0.3) is 10.3 Å². The van der Waals surface area contributed by atoms with Gasteiger partial charge in [-0.2, -0.15) is 5.10 Å². The molecule has 0 unspecified atom stereocenters. The molecule has 2 heterocycles. The monoisotopic (exact) mass is 398 g/mol. The summed E-state index contributed by atoms with van der Waals surface area (Å²) < 4.78 is 7.78. The van der Waals surface area contributed by atoms with Crippen molar-refractivity contribution in [2.24, 2.45) is 12.1 Å². The number of benzene rings is 1. The number of aldehydes is 1. The number of aromatic nitrogens is 2. The molecule has 7 nitrogen and oxygen atoms in total. The highest BCUT2D eigenvalue weighted by atomic mass is 32.1. The number of aryl methyl sites for hydroxylation is 2. The van der Waals surface area contributed by atoms with Crippen LogP contribution in [-0.2, 0) is 18.3 Å². The summed E-state index contributed by atoms with van der Waals surface area (Å²) in [5.41, 5.74) is 3.56. The van der Waals surface area contributed by atoms with Crippen molar-refractivity contribution in [1.82, 2.24) is 14.6 Å². The molecule has 28 heavy (non-hydrogen) atoms. The maximum Gasteiger partial charge on any atom is 0.338 e. The third-order valence-corrected chi connectivity index (χ3v) is 5.25. The first-order valence-electron chi connectivity index (χ1n) is 8.86. The second-order valence-electron chi connectivity index (χ2n) is 6.34. The Morgan fingerprint density at radius 1 is 1.43 bits per heavy atom. The Kier molecular flexibility index (Phi) is 5.89. The van der Waals surface area contributed by atoms with Crippen LogP contribution < -0.4 is 0 Å². The molecular weight excluding hydrogens is 376 g/mol. The number of esters is 1. The number of rotatable bonds is 7. The average molecular weight is 398 g/mol. The van der Waals surface area contributed by atoms with Gasteiger partial charge >= 0.3 is 5.97 Å². The number of carbonyl (C=O) groups is 2. The summed E-state index contributed by atoms with van der Waals surface area (Å²) in [4.78, 5) is 27.9. The van der Waals surface area contributed by atoms with Crippen LogP contribution >= 0.6 is 11.3 Å². The predicted molar refractivity (Wildman–Crippen MR) is 110 cm³/mol. The van der Waals surface area contributed by atoms with Gasteiger partial charge < -0.3 is 9.30 Å². The number of fused-ring (bicyclic) bond motifs is 1. The number of hydrogen-bond donors (Lipinski definition) is 0. The zero-order valence-corrected chi connectivity index (χ0v) is 17.1. The van der Waals surface area contributed by atoms with Crippen molar-refractivity contribution in [1.29, 1.82) is 0 Å². The average Bonchev–Trinajstić information content (AvgIpc) is 3.16. The smallest absolute Gasteiger partial charge is 0.338 e. The fourth-order valence-electron chi connectivity index (χ4n) is 2.97. The van der Waals surface area contributed by atoms with Crippen molar-refractivity contribution in [3.05, 3.63) is 51.7 Å². The van der Waals surface area contributed by atoms with E-state index in [1.165, 1.54) is 0 Å². The summed E-state index contributed by atoms with van der Waals surface area (Å²) in [5.74, 6) is -0.335. The molecule has 146 valence electrons. The van der Waals surface area contributed by atoms with E-state index in [9.17, 15) is 9.59 Å². The Morgan fingerprint density at radius 3 is 2.93 bits per heavy atom. The molecule has 0 N–H and O–H groups in total. The first kappa shape index (κ1) is 19.8. The van der Waals surface area contributed by atoms with Crippen molar-refractivity contribution in [2.45, 2.75) is 20.4 Å². The minimum absolute atomic E-state index is 0.335. The predicted octanol–water partition coefficient (Wildman–Crippen LogP) is 3.40. The van der Waals surface area contributed by atoms with Crippen LogP contribution in [-0.4, -0.2) is 46.7 Å². The molecule has 3 aromatic rings. The van der Waals surface area contributed by atoms with Gasteiger partial charge in [-0.3, -0.25) is 9.80 Å². The Hall–Kier alpha value is -3.00. The van der Waals surface area contributed by atoms with Crippen molar-refractivity contribution in [2.75, 3.05) is 13.7 Å². The van der Waals surface area contributed by atoms with E-state index in [1.54, 1.807) is 46.2 Å². The van der Waals surface area contributed by atoms with Gasteiger partial charge in [0.15, 0.2) is 11.9 Å². The van der Waals surface area contributed by atoms with E-state index in [2.05, 4.69) is 10.1 Å². The first-order valence-corrected chi connectivity index (χ1v) is 9.68. The van der Waals surface area contributed by atoms with Gasteiger partial charge in [-0.1, -0.05) is 12.1 Å². The standard InChI is InChI=1S/C20H22N4O3S/c1-5-27-20(26)15-8-6-7-14(9-15)11-23(3)21-10-16-17(12-25)24(4)19-18(16)28-13(2)22-19/h6-10,12H,5,11H2,1-4H3/b21-10-. The summed E-state index contributed by atoms with van der Waals surface area (Å²) in [5, 5.41) is 7.18. The van der Waals surface area contributed by atoms with Gasteiger partial charge in [-0.25, -0.2) is 9.78 Å². The fourth-order valence-corrected chi connectivity index (χ4v) is 3.94. The number of hydrazone groups is 1. The molecule has 8 heteroatoms. The van der Waals surface area contributed by atoms with E-state index in [0.717, 1.165) is 32.8 Å². The molecule has 0 atom stereocenters. The zero-order valence-electron chi connectivity index (χ0n) is 16.3. The number of thiazole rings is 1. The second-order valence-corrected chi connectivity index (χ2v) is 7.55. The minimum Gasteiger partial charge on any atom is -0.462 e. The van der Waals surface area contributed by atoms with E-state index in [0.29, 0.717) is 24.4 Å². The molecule has 0 amide bonds. The molecule has 0 spiro atoms. The number of carbonyl (C=O) groups excluding carboxylic acids is 2. The summed E-state index contributed by atoms with van der Waals surface area (Å²) in [6.45, 7) is 4.57. The van der Waals surface area contributed by atoms with E-state index in [1.807, 2.05) is 33.2 Å². The second kappa shape index (κ2) is 8.35. The highest BCUT2D eigenvalue weighted by Crippen LogP contribution is 2.28. The number of hydrogen-bond acceptors (Lipinski definition) is 7. The van der Waals surface area contributed by atoms with Gasteiger partial charge in [0, 0.05) is 19.7 Å². The molecule has 0 fully saturated rings. The molecule has 0 aliphatic heterocycles. The first-order chi connectivity index (χ1) is 13.4. The molecule has 0 saturated carbocycles. The Labute approximate surface area is 167 Å². The van der Waals surface area contributed by atoms with Crippen LogP contribution in [0.3, 0.4) is 0 Å². The summed E-state index contributed by atoms with van der Waals surface area (Å²) >= 11 is 1.54. The maximum atomic E-state index is 11.9. The third-order valence-electron chi connectivity index (χ3n) is 4.26. The summed E-state index contributed by atoms with van der Waals surface area (Å²) in [6.07, 6.45) is 2.52. The SMILES string of the molecule is CCOC(=O)c1cccc(CN(C)/N=C\c2c(C=O)n(C)c3nc(C)sc23)c1. The van der Waals surface area contributed by atoms with Gasteiger partial charge in [0.25, 0.3) is 0 Å². The van der Waals surface area contributed by atoms with E-state index in [-0.39, 0.29) is 5.97 Å². The normalized spacial score (nSPS) is 11.3. The highest BCUT2D eigenvalue weighted by Gasteiger charge is 2.17. The molecule has 0 aliphatic rings. The third kappa shape index (κ3) is 3.96.